The van der Waals surface area contributed by atoms with E-state index in [2.05, 4.69) is 31.1 Å². The van der Waals surface area contributed by atoms with Gasteiger partial charge in [0.2, 0.25) is 0 Å². The molecule has 0 radical (unpaired) electrons. The van der Waals surface area contributed by atoms with Crippen molar-refractivity contribution in [3.8, 4) is 5.75 Å². The van der Waals surface area contributed by atoms with E-state index in [0.29, 0.717) is 12.6 Å². The molecule has 5 heteroatoms. The normalized spacial score (nSPS) is 12.5. The summed E-state index contributed by atoms with van der Waals surface area (Å²) in [7, 11) is 0. The zero-order chi connectivity index (χ0) is 18.7. The molecule has 0 saturated carbocycles. The van der Waals surface area contributed by atoms with Gasteiger partial charge in [0.05, 0.1) is 18.1 Å². The molecular formula is C21H24N2O3. The van der Waals surface area contributed by atoms with Crippen molar-refractivity contribution in [3.05, 3.63) is 59.8 Å². The molecule has 0 fully saturated rings. The third kappa shape index (κ3) is 3.87. The SMILES string of the molecule is CC(CC(=O)O)c1ccc(OCc2cccc3c2cnn3C(C)C)cc1. The van der Waals surface area contributed by atoms with Gasteiger partial charge in [0.15, 0.2) is 0 Å². The van der Waals surface area contributed by atoms with Crippen LogP contribution in [0.25, 0.3) is 10.9 Å². The van der Waals surface area contributed by atoms with Crippen molar-refractivity contribution in [3.63, 3.8) is 0 Å². The highest BCUT2D eigenvalue weighted by atomic mass is 16.5. The van der Waals surface area contributed by atoms with E-state index in [1.807, 2.05) is 48.1 Å². The number of hydrogen-bond donors (Lipinski definition) is 1. The molecule has 0 aliphatic rings. The molecule has 0 spiro atoms. The maximum Gasteiger partial charge on any atom is 0.303 e. The maximum atomic E-state index is 10.8. The molecule has 1 heterocycles. The summed E-state index contributed by atoms with van der Waals surface area (Å²) < 4.78 is 7.94. The van der Waals surface area contributed by atoms with E-state index in [-0.39, 0.29) is 12.3 Å². The first-order valence-electron chi connectivity index (χ1n) is 8.85. The summed E-state index contributed by atoms with van der Waals surface area (Å²) in [5.74, 6) is -0.0328. The molecule has 1 N–H and O–H groups in total. The molecule has 0 amide bonds. The first-order chi connectivity index (χ1) is 12.5. The Morgan fingerprint density at radius 1 is 1.15 bits per heavy atom. The second-order valence-corrected chi connectivity index (χ2v) is 6.89. The molecule has 3 aromatic rings. The molecule has 0 saturated heterocycles. The number of carboxylic acid groups (broad SMARTS) is 1. The summed E-state index contributed by atoms with van der Waals surface area (Å²) in [6, 6.07) is 14.1. The lowest BCUT2D eigenvalue weighted by atomic mass is 9.98. The lowest BCUT2D eigenvalue weighted by Crippen LogP contribution is -2.03. The van der Waals surface area contributed by atoms with Gasteiger partial charge < -0.3 is 9.84 Å². The van der Waals surface area contributed by atoms with Crippen LogP contribution in [-0.2, 0) is 11.4 Å². The molecule has 2 aromatic carbocycles. The summed E-state index contributed by atoms with van der Waals surface area (Å²) in [4.78, 5) is 10.8. The van der Waals surface area contributed by atoms with Gasteiger partial charge >= 0.3 is 5.97 Å². The average molecular weight is 352 g/mol. The Bertz CT molecular complexity index is 897. The molecule has 0 aliphatic heterocycles. The molecular weight excluding hydrogens is 328 g/mol. The van der Waals surface area contributed by atoms with Crippen LogP contribution < -0.4 is 4.74 Å². The van der Waals surface area contributed by atoms with Crippen LogP contribution in [0.3, 0.4) is 0 Å². The van der Waals surface area contributed by atoms with Crippen molar-refractivity contribution in [2.45, 2.75) is 45.8 Å². The van der Waals surface area contributed by atoms with Crippen LogP contribution in [0.1, 0.15) is 50.3 Å². The summed E-state index contributed by atoms with van der Waals surface area (Å²) >= 11 is 0. The zero-order valence-electron chi connectivity index (χ0n) is 15.3. The predicted molar refractivity (Wildman–Crippen MR) is 102 cm³/mol. The van der Waals surface area contributed by atoms with Crippen LogP contribution in [0.2, 0.25) is 0 Å². The molecule has 1 atom stereocenters. The van der Waals surface area contributed by atoms with Crippen LogP contribution in [0, 0.1) is 0 Å². The van der Waals surface area contributed by atoms with Gasteiger partial charge in [-0.15, -0.1) is 0 Å². The number of hydrogen-bond acceptors (Lipinski definition) is 3. The van der Waals surface area contributed by atoms with Gasteiger partial charge in [0, 0.05) is 17.0 Å². The number of nitrogens with zero attached hydrogens (tertiary/aromatic N) is 2. The van der Waals surface area contributed by atoms with Crippen LogP contribution in [0.15, 0.2) is 48.7 Å². The summed E-state index contributed by atoms with van der Waals surface area (Å²) in [5, 5.41) is 14.5. The molecule has 1 aromatic heterocycles. The van der Waals surface area contributed by atoms with E-state index >= 15 is 0 Å². The van der Waals surface area contributed by atoms with Crippen molar-refractivity contribution in [1.29, 1.82) is 0 Å². The first kappa shape index (κ1) is 18.0. The monoisotopic (exact) mass is 352 g/mol. The Morgan fingerprint density at radius 2 is 1.88 bits per heavy atom. The summed E-state index contributed by atoms with van der Waals surface area (Å²) in [6.07, 6.45) is 2.02. The van der Waals surface area contributed by atoms with Crippen LogP contribution in [0.5, 0.6) is 5.75 Å². The van der Waals surface area contributed by atoms with Crippen molar-refractivity contribution < 1.29 is 14.6 Å². The van der Waals surface area contributed by atoms with Crippen LogP contribution >= 0.6 is 0 Å². The Morgan fingerprint density at radius 3 is 2.54 bits per heavy atom. The third-order valence-electron chi connectivity index (χ3n) is 4.54. The Kier molecular flexibility index (Phi) is 5.26. The molecule has 5 nitrogen and oxygen atoms in total. The Hall–Kier alpha value is -2.82. The van der Waals surface area contributed by atoms with E-state index in [1.165, 1.54) is 0 Å². The summed E-state index contributed by atoms with van der Waals surface area (Å²) in [5.41, 5.74) is 3.21. The summed E-state index contributed by atoms with van der Waals surface area (Å²) in [6.45, 7) is 6.60. The van der Waals surface area contributed by atoms with Crippen LogP contribution in [0.4, 0.5) is 0 Å². The number of carbonyl (C=O) groups is 1. The fourth-order valence-corrected chi connectivity index (χ4v) is 3.10. The third-order valence-corrected chi connectivity index (χ3v) is 4.54. The first-order valence-corrected chi connectivity index (χ1v) is 8.85. The number of fused-ring (bicyclic) bond motifs is 1. The van der Waals surface area contributed by atoms with Crippen LogP contribution in [-0.4, -0.2) is 20.9 Å². The van der Waals surface area contributed by atoms with Crippen molar-refractivity contribution in [2.75, 3.05) is 0 Å². The minimum Gasteiger partial charge on any atom is -0.489 e. The molecule has 1 unspecified atom stereocenters. The molecule has 26 heavy (non-hydrogen) atoms. The van der Waals surface area contributed by atoms with E-state index in [4.69, 9.17) is 9.84 Å². The number of aliphatic carboxylic acids is 1. The quantitative estimate of drug-likeness (QED) is 0.665. The maximum absolute atomic E-state index is 10.8. The highest BCUT2D eigenvalue weighted by Crippen LogP contribution is 2.25. The fourth-order valence-electron chi connectivity index (χ4n) is 3.10. The standard InChI is InChI=1S/C21H24N2O3/c1-14(2)23-20-6-4-5-17(19(20)12-22-23)13-26-18-9-7-16(8-10-18)15(3)11-21(24)25/h4-10,12,14-15H,11,13H2,1-3H3,(H,24,25). The van der Waals surface area contributed by atoms with Gasteiger partial charge in [0.25, 0.3) is 0 Å². The van der Waals surface area contributed by atoms with Crippen molar-refractivity contribution in [1.82, 2.24) is 9.78 Å². The number of carboxylic acids is 1. The van der Waals surface area contributed by atoms with Gasteiger partial charge in [-0.2, -0.15) is 5.10 Å². The highest BCUT2D eigenvalue weighted by molar-refractivity contribution is 5.82. The largest absolute Gasteiger partial charge is 0.489 e. The van der Waals surface area contributed by atoms with Gasteiger partial charge in [-0.3, -0.25) is 9.48 Å². The molecule has 3 rings (SSSR count). The second-order valence-electron chi connectivity index (χ2n) is 6.89. The minimum absolute atomic E-state index is 0.0165. The van der Waals surface area contributed by atoms with Gasteiger partial charge in [-0.25, -0.2) is 0 Å². The zero-order valence-corrected chi connectivity index (χ0v) is 15.3. The number of rotatable bonds is 7. The van der Waals surface area contributed by atoms with Gasteiger partial charge in [-0.1, -0.05) is 31.2 Å². The Labute approximate surface area is 153 Å². The molecule has 0 aliphatic carbocycles. The second kappa shape index (κ2) is 7.60. The minimum atomic E-state index is -0.784. The predicted octanol–water partition coefficient (Wildman–Crippen LogP) is 4.77. The lowest BCUT2D eigenvalue weighted by Gasteiger charge is -2.12. The van der Waals surface area contributed by atoms with Gasteiger partial charge in [0.1, 0.15) is 12.4 Å². The lowest BCUT2D eigenvalue weighted by molar-refractivity contribution is -0.137. The smallest absolute Gasteiger partial charge is 0.303 e. The van der Waals surface area contributed by atoms with Crippen molar-refractivity contribution in [2.24, 2.45) is 0 Å². The van der Waals surface area contributed by atoms with E-state index in [0.717, 1.165) is 27.8 Å². The molecule has 0 bridgehead atoms. The number of ether oxygens (including phenoxy) is 1. The topological polar surface area (TPSA) is 64.3 Å². The van der Waals surface area contributed by atoms with E-state index in [9.17, 15) is 4.79 Å². The van der Waals surface area contributed by atoms with E-state index < -0.39 is 5.97 Å². The van der Waals surface area contributed by atoms with E-state index in [1.54, 1.807) is 0 Å². The fraction of sp³-hybridized carbons (Fsp3) is 0.333. The Balaban J connectivity index is 1.71. The van der Waals surface area contributed by atoms with Crippen molar-refractivity contribution >= 4 is 16.9 Å². The van der Waals surface area contributed by atoms with Gasteiger partial charge in [-0.05, 0) is 43.5 Å². The highest BCUT2D eigenvalue weighted by Gasteiger charge is 2.11. The average Bonchev–Trinajstić information content (AvgIpc) is 3.04. The molecule has 136 valence electrons. The number of benzene rings is 2. The number of aromatic nitrogens is 2.